The van der Waals surface area contributed by atoms with Gasteiger partial charge in [-0.1, -0.05) is 72.8 Å². The van der Waals surface area contributed by atoms with Crippen molar-refractivity contribution in [3.05, 3.63) is 107 Å². The van der Waals surface area contributed by atoms with Crippen LogP contribution in [-0.2, 0) is 4.74 Å². The number of rotatable bonds is 5. The van der Waals surface area contributed by atoms with Gasteiger partial charge in [-0.3, -0.25) is 0 Å². The molecule has 28 heavy (non-hydrogen) atoms. The SMILES string of the molecule is Nc1ccc(/C=C(\C(c2ccccc2)c2ccccc2)N2CCOCC2)cc1. The van der Waals surface area contributed by atoms with E-state index in [0.29, 0.717) is 0 Å². The summed E-state index contributed by atoms with van der Waals surface area (Å²) in [5, 5.41) is 0. The number of benzene rings is 3. The number of ether oxygens (including phenoxy) is 1. The molecule has 1 heterocycles. The quantitative estimate of drug-likeness (QED) is 0.657. The standard InChI is InChI=1S/C25H26N2O/c26-23-13-11-20(12-14-23)19-24(27-15-17-28-18-16-27)25(21-7-3-1-4-8-21)22-9-5-2-6-10-22/h1-14,19,25H,15-18,26H2/b24-19+. The summed E-state index contributed by atoms with van der Waals surface area (Å²) in [5.41, 5.74) is 11.7. The van der Waals surface area contributed by atoms with Crippen LogP contribution in [0.4, 0.5) is 5.69 Å². The highest BCUT2D eigenvalue weighted by Gasteiger charge is 2.25. The van der Waals surface area contributed by atoms with Crippen molar-refractivity contribution in [2.75, 3.05) is 32.0 Å². The molecule has 0 spiro atoms. The summed E-state index contributed by atoms with van der Waals surface area (Å²) >= 11 is 0. The van der Waals surface area contributed by atoms with E-state index < -0.39 is 0 Å². The van der Waals surface area contributed by atoms with E-state index in [2.05, 4.69) is 83.8 Å². The van der Waals surface area contributed by atoms with Crippen molar-refractivity contribution in [3.63, 3.8) is 0 Å². The fourth-order valence-electron chi connectivity index (χ4n) is 3.77. The van der Waals surface area contributed by atoms with E-state index >= 15 is 0 Å². The minimum absolute atomic E-state index is 0.165. The number of hydrogen-bond acceptors (Lipinski definition) is 3. The number of hydrogen-bond donors (Lipinski definition) is 1. The molecular weight excluding hydrogens is 344 g/mol. The first-order valence-corrected chi connectivity index (χ1v) is 9.81. The number of nitrogens with zero attached hydrogens (tertiary/aromatic N) is 1. The fourth-order valence-corrected chi connectivity index (χ4v) is 3.77. The summed E-state index contributed by atoms with van der Waals surface area (Å²) in [6.07, 6.45) is 2.30. The van der Waals surface area contributed by atoms with Gasteiger partial charge in [-0.25, -0.2) is 0 Å². The fraction of sp³-hybridized carbons (Fsp3) is 0.200. The highest BCUT2D eigenvalue weighted by atomic mass is 16.5. The Bertz CT molecular complexity index is 859. The minimum atomic E-state index is 0.165. The molecular formula is C25H26N2O. The lowest BCUT2D eigenvalue weighted by Crippen LogP contribution is -2.37. The topological polar surface area (TPSA) is 38.5 Å². The molecule has 0 saturated carbocycles. The Labute approximate surface area is 167 Å². The van der Waals surface area contributed by atoms with Crippen LogP contribution >= 0.6 is 0 Å². The second-order valence-corrected chi connectivity index (χ2v) is 7.09. The second kappa shape index (κ2) is 8.77. The molecule has 142 valence electrons. The van der Waals surface area contributed by atoms with E-state index in [1.54, 1.807) is 0 Å². The highest BCUT2D eigenvalue weighted by Crippen LogP contribution is 2.35. The molecule has 1 aliphatic rings. The van der Waals surface area contributed by atoms with E-state index in [0.717, 1.165) is 37.6 Å². The maximum absolute atomic E-state index is 5.89. The molecule has 0 unspecified atom stereocenters. The number of anilines is 1. The maximum Gasteiger partial charge on any atom is 0.0642 e. The molecule has 0 bridgehead atoms. The molecule has 0 aliphatic carbocycles. The van der Waals surface area contributed by atoms with Crippen molar-refractivity contribution in [3.8, 4) is 0 Å². The van der Waals surface area contributed by atoms with Crippen LogP contribution < -0.4 is 5.73 Å². The van der Waals surface area contributed by atoms with Crippen molar-refractivity contribution in [2.45, 2.75) is 5.92 Å². The lowest BCUT2D eigenvalue weighted by Gasteiger charge is -2.36. The van der Waals surface area contributed by atoms with E-state index in [9.17, 15) is 0 Å². The van der Waals surface area contributed by atoms with Crippen molar-refractivity contribution in [1.82, 2.24) is 4.90 Å². The molecule has 3 nitrogen and oxygen atoms in total. The Morgan fingerprint density at radius 2 is 1.32 bits per heavy atom. The number of morpholine rings is 1. The monoisotopic (exact) mass is 370 g/mol. The van der Waals surface area contributed by atoms with Gasteiger partial charge < -0.3 is 15.4 Å². The van der Waals surface area contributed by atoms with Gasteiger partial charge in [0.05, 0.1) is 13.2 Å². The summed E-state index contributed by atoms with van der Waals surface area (Å²) in [6.45, 7) is 3.32. The van der Waals surface area contributed by atoms with Gasteiger partial charge in [0, 0.05) is 30.4 Å². The van der Waals surface area contributed by atoms with E-state index in [-0.39, 0.29) is 5.92 Å². The smallest absolute Gasteiger partial charge is 0.0642 e. The van der Waals surface area contributed by atoms with E-state index in [1.165, 1.54) is 16.8 Å². The van der Waals surface area contributed by atoms with Crippen LogP contribution in [0.25, 0.3) is 6.08 Å². The third-order valence-corrected chi connectivity index (χ3v) is 5.19. The van der Waals surface area contributed by atoms with Crippen molar-refractivity contribution in [1.29, 1.82) is 0 Å². The van der Waals surface area contributed by atoms with Gasteiger partial charge in [0.2, 0.25) is 0 Å². The summed E-state index contributed by atoms with van der Waals surface area (Å²) in [5.74, 6) is 0.165. The normalized spacial score (nSPS) is 15.0. The molecule has 0 atom stereocenters. The van der Waals surface area contributed by atoms with Gasteiger partial charge in [-0.15, -0.1) is 0 Å². The number of nitrogen functional groups attached to an aromatic ring is 1. The van der Waals surface area contributed by atoms with Crippen LogP contribution in [0.1, 0.15) is 22.6 Å². The summed E-state index contributed by atoms with van der Waals surface area (Å²) in [7, 11) is 0. The zero-order valence-corrected chi connectivity index (χ0v) is 16.0. The Balaban J connectivity index is 1.84. The Morgan fingerprint density at radius 1 is 0.786 bits per heavy atom. The molecule has 3 heteroatoms. The van der Waals surface area contributed by atoms with E-state index in [1.807, 2.05) is 12.1 Å². The minimum Gasteiger partial charge on any atom is -0.399 e. The van der Waals surface area contributed by atoms with Gasteiger partial charge in [0.25, 0.3) is 0 Å². The zero-order valence-electron chi connectivity index (χ0n) is 16.0. The summed E-state index contributed by atoms with van der Waals surface area (Å²) in [6, 6.07) is 29.6. The predicted octanol–water partition coefficient (Wildman–Crippen LogP) is 4.77. The highest BCUT2D eigenvalue weighted by molar-refractivity contribution is 5.59. The molecule has 1 saturated heterocycles. The molecule has 0 amide bonds. The lowest BCUT2D eigenvalue weighted by atomic mass is 9.86. The van der Waals surface area contributed by atoms with Crippen LogP contribution in [0.3, 0.4) is 0 Å². The molecule has 0 aromatic heterocycles. The van der Waals surface area contributed by atoms with Crippen LogP contribution in [-0.4, -0.2) is 31.2 Å². The lowest BCUT2D eigenvalue weighted by molar-refractivity contribution is 0.0521. The van der Waals surface area contributed by atoms with E-state index in [4.69, 9.17) is 10.5 Å². The molecule has 3 aromatic carbocycles. The Morgan fingerprint density at radius 3 is 1.86 bits per heavy atom. The molecule has 1 fully saturated rings. The van der Waals surface area contributed by atoms with Gasteiger partial charge in [0.1, 0.15) is 0 Å². The Hall–Kier alpha value is -3.04. The molecule has 0 radical (unpaired) electrons. The predicted molar refractivity (Wildman–Crippen MR) is 116 cm³/mol. The van der Waals surface area contributed by atoms with Crippen molar-refractivity contribution >= 4 is 11.8 Å². The second-order valence-electron chi connectivity index (χ2n) is 7.09. The Kier molecular flexibility index (Phi) is 5.74. The largest absolute Gasteiger partial charge is 0.399 e. The third kappa shape index (κ3) is 4.26. The number of allylic oxidation sites excluding steroid dienone is 1. The third-order valence-electron chi connectivity index (χ3n) is 5.19. The van der Waals surface area contributed by atoms with Crippen LogP contribution in [0.15, 0.2) is 90.6 Å². The van der Waals surface area contributed by atoms with Gasteiger partial charge in [-0.05, 0) is 34.9 Å². The van der Waals surface area contributed by atoms with Crippen molar-refractivity contribution in [2.24, 2.45) is 0 Å². The van der Waals surface area contributed by atoms with Crippen molar-refractivity contribution < 1.29 is 4.74 Å². The van der Waals surface area contributed by atoms with Crippen LogP contribution in [0.2, 0.25) is 0 Å². The van der Waals surface area contributed by atoms with Gasteiger partial charge in [-0.2, -0.15) is 0 Å². The average Bonchev–Trinajstić information content (AvgIpc) is 2.77. The summed E-state index contributed by atoms with van der Waals surface area (Å²) < 4.78 is 5.62. The first kappa shape index (κ1) is 18.3. The van der Waals surface area contributed by atoms with Crippen LogP contribution in [0, 0.1) is 0 Å². The van der Waals surface area contributed by atoms with Gasteiger partial charge in [0.15, 0.2) is 0 Å². The molecule has 4 rings (SSSR count). The molecule has 2 N–H and O–H groups in total. The first-order valence-electron chi connectivity index (χ1n) is 9.81. The first-order chi connectivity index (χ1) is 13.8. The zero-order chi connectivity index (χ0) is 19.2. The maximum atomic E-state index is 5.89. The summed E-state index contributed by atoms with van der Waals surface area (Å²) in [4.78, 5) is 2.46. The average molecular weight is 370 g/mol. The van der Waals surface area contributed by atoms with Gasteiger partial charge >= 0.3 is 0 Å². The van der Waals surface area contributed by atoms with Crippen LogP contribution in [0.5, 0.6) is 0 Å². The molecule has 1 aliphatic heterocycles. The molecule has 3 aromatic rings. The number of nitrogens with two attached hydrogens (primary N) is 1.